The van der Waals surface area contributed by atoms with Crippen LogP contribution in [-0.4, -0.2) is 22.4 Å². The van der Waals surface area contributed by atoms with E-state index in [1.807, 2.05) is 43.3 Å². The summed E-state index contributed by atoms with van der Waals surface area (Å²) < 4.78 is 0. The maximum Gasteiger partial charge on any atom is 0.271 e. The summed E-state index contributed by atoms with van der Waals surface area (Å²) in [6, 6.07) is 16.3. The number of hydrogen-bond acceptors (Lipinski definition) is 4. The number of nitrogens with one attached hydrogen (secondary N) is 1. The maximum absolute atomic E-state index is 12.3. The lowest BCUT2D eigenvalue weighted by Crippen LogP contribution is -2.24. The fourth-order valence-electron chi connectivity index (χ4n) is 2.83. The predicted molar refractivity (Wildman–Crippen MR) is 108 cm³/mol. The number of hydrogen-bond donors (Lipinski definition) is 1. The van der Waals surface area contributed by atoms with Gasteiger partial charge < -0.3 is 10.2 Å². The van der Waals surface area contributed by atoms with Crippen LogP contribution in [0.5, 0.6) is 0 Å². The average molecular weight is 360 g/mol. The van der Waals surface area contributed by atoms with E-state index in [0.29, 0.717) is 12.2 Å². The van der Waals surface area contributed by atoms with Crippen LogP contribution in [0.3, 0.4) is 0 Å². The van der Waals surface area contributed by atoms with Gasteiger partial charge >= 0.3 is 0 Å². The van der Waals surface area contributed by atoms with Crippen LogP contribution in [0.15, 0.2) is 60.9 Å². The van der Waals surface area contributed by atoms with Crippen molar-refractivity contribution in [2.45, 2.75) is 27.3 Å². The van der Waals surface area contributed by atoms with E-state index in [0.717, 1.165) is 23.6 Å². The molecule has 0 aliphatic carbocycles. The van der Waals surface area contributed by atoms with Crippen molar-refractivity contribution in [2.75, 3.05) is 11.4 Å². The van der Waals surface area contributed by atoms with E-state index in [1.54, 1.807) is 6.20 Å². The minimum atomic E-state index is -0.228. The molecule has 0 fully saturated rings. The van der Waals surface area contributed by atoms with Gasteiger partial charge in [-0.25, -0.2) is 9.97 Å². The van der Waals surface area contributed by atoms with Crippen LogP contribution in [0.4, 0.5) is 11.5 Å². The van der Waals surface area contributed by atoms with Crippen molar-refractivity contribution in [3.8, 4) is 0 Å². The van der Waals surface area contributed by atoms with E-state index in [2.05, 4.69) is 46.2 Å². The van der Waals surface area contributed by atoms with E-state index >= 15 is 0 Å². The maximum atomic E-state index is 12.3. The Kier molecular flexibility index (Phi) is 5.81. The van der Waals surface area contributed by atoms with Crippen LogP contribution in [0, 0.1) is 13.8 Å². The average Bonchev–Trinajstić information content (AvgIpc) is 2.68. The van der Waals surface area contributed by atoms with E-state index in [1.165, 1.54) is 17.3 Å². The fraction of sp³-hybridized carbons (Fsp3) is 0.227. The third-order valence-electron chi connectivity index (χ3n) is 4.35. The van der Waals surface area contributed by atoms with Crippen molar-refractivity contribution < 1.29 is 4.79 Å². The first-order chi connectivity index (χ1) is 13.1. The van der Waals surface area contributed by atoms with Crippen LogP contribution in [-0.2, 0) is 6.54 Å². The number of amides is 1. The summed E-state index contributed by atoms with van der Waals surface area (Å²) in [5, 5.41) is 2.88. The molecule has 1 heterocycles. The van der Waals surface area contributed by atoms with Gasteiger partial charge in [-0.05, 0) is 44.0 Å². The van der Waals surface area contributed by atoms with E-state index in [4.69, 9.17) is 0 Å². The highest BCUT2D eigenvalue weighted by molar-refractivity contribution is 5.92. The first kappa shape index (κ1) is 18.6. The molecule has 1 aromatic heterocycles. The summed E-state index contributed by atoms with van der Waals surface area (Å²) in [5.74, 6) is 0.492. The molecule has 0 bridgehead atoms. The Bertz CT molecular complexity index is 904. The molecule has 138 valence electrons. The number of aromatic nitrogens is 2. The number of carbonyl (C=O) groups is 1. The molecule has 0 aliphatic heterocycles. The van der Waals surface area contributed by atoms with Crippen LogP contribution in [0.1, 0.15) is 34.1 Å². The molecular weight excluding hydrogens is 336 g/mol. The first-order valence-corrected chi connectivity index (χ1v) is 9.07. The highest BCUT2D eigenvalue weighted by atomic mass is 16.1. The quantitative estimate of drug-likeness (QED) is 0.716. The second-order valence-corrected chi connectivity index (χ2v) is 6.51. The zero-order chi connectivity index (χ0) is 19.2. The van der Waals surface area contributed by atoms with Crippen LogP contribution in [0.2, 0.25) is 0 Å². The van der Waals surface area contributed by atoms with Gasteiger partial charge in [0.1, 0.15) is 5.69 Å². The Balaban J connectivity index is 1.68. The molecule has 1 amide bonds. The minimum absolute atomic E-state index is 0.228. The summed E-state index contributed by atoms with van der Waals surface area (Å²) >= 11 is 0. The van der Waals surface area contributed by atoms with Crippen molar-refractivity contribution in [3.05, 3.63) is 83.3 Å². The molecular formula is C22H24N4O. The molecule has 0 atom stereocenters. The number of nitrogens with zero attached hydrogens (tertiary/aromatic N) is 3. The van der Waals surface area contributed by atoms with Gasteiger partial charge in [0.05, 0.1) is 12.4 Å². The molecule has 0 saturated heterocycles. The predicted octanol–water partition coefficient (Wildman–Crippen LogP) is 4.18. The lowest BCUT2D eigenvalue weighted by Gasteiger charge is -2.22. The first-order valence-electron chi connectivity index (χ1n) is 9.07. The molecule has 2 aromatic carbocycles. The van der Waals surface area contributed by atoms with Crippen molar-refractivity contribution in [1.29, 1.82) is 0 Å². The summed E-state index contributed by atoms with van der Waals surface area (Å²) in [6.45, 7) is 7.39. The van der Waals surface area contributed by atoms with Crippen molar-refractivity contribution in [3.63, 3.8) is 0 Å². The molecule has 5 nitrogen and oxygen atoms in total. The normalized spacial score (nSPS) is 10.5. The molecule has 0 unspecified atom stereocenters. The van der Waals surface area contributed by atoms with Crippen molar-refractivity contribution in [2.24, 2.45) is 0 Å². The highest BCUT2D eigenvalue weighted by Gasteiger charge is 2.12. The fourth-order valence-corrected chi connectivity index (χ4v) is 2.83. The summed E-state index contributed by atoms with van der Waals surface area (Å²) in [6.07, 6.45) is 3.17. The molecule has 0 spiro atoms. The molecule has 1 N–H and O–H groups in total. The van der Waals surface area contributed by atoms with Gasteiger partial charge in [-0.3, -0.25) is 4.79 Å². The van der Waals surface area contributed by atoms with E-state index in [9.17, 15) is 4.79 Å². The minimum Gasteiger partial charge on any atom is -0.347 e. The molecule has 5 heteroatoms. The van der Waals surface area contributed by atoms with Gasteiger partial charge in [-0.1, -0.05) is 42.0 Å². The Morgan fingerprint density at radius 1 is 1.00 bits per heavy atom. The molecule has 0 saturated carbocycles. The lowest BCUT2D eigenvalue weighted by molar-refractivity contribution is 0.0945. The van der Waals surface area contributed by atoms with Gasteiger partial charge in [0.25, 0.3) is 5.91 Å². The van der Waals surface area contributed by atoms with Gasteiger partial charge in [0.2, 0.25) is 0 Å². The number of aryl methyl sites for hydroxylation is 2. The van der Waals surface area contributed by atoms with E-state index < -0.39 is 0 Å². The number of anilines is 2. The summed E-state index contributed by atoms with van der Waals surface area (Å²) in [4.78, 5) is 23.1. The third kappa shape index (κ3) is 4.70. The molecule has 27 heavy (non-hydrogen) atoms. The zero-order valence-corrected chi connectivity index (χ0v) is 15.9. The second kappa shape index (κ2) is 8.45. The number of rotatable bonds is 6. The van der Waals surface area contributed by atoms with Gasteiger partial charge in [-0.15, -0.1) is 0 Å². The number of carbonyl (C=O) groups excluding carboxylic acids is 1. The second-order valence-electron chi connectivity index (χ2n) is 6.51. The van der Waals surface area contributed by atoms with Gasteiger partial charge in [0, 0.05) is 18.8 Å². The standard InChI is InChI=1S/C22H24N4O/c1-4-26(19-7-5-6-17(3)12-19)21-15-23-20(14-24-21)22(27)25-13-18-10-8-16(2)9-11-18/h5-12,14-15H,4,13H2,1-3H3,(H,25,27). The SMILES string of the molecule is CCN(c1cccc(C)c1)c1cnc(C(=O)NCc2ccc(C)cc2)cn1. The van der Waals surface area contributed by atoms with Gasteiger partial charge in [-0.2, -0.15) is 0 Å². The highest BCUT2D eigenvalue weighted by Crippen LogP contribution is 2.23. The molecule has 3 aromatic rings. The largest absolute Gasteiger partial charge is 0.347 e. The Hall–Kier alpha value is -3.21. The third-order valence-corrected chi connectivity index (χ3v) is 4.35. The molecule has 0 aliphatic rings. The Morgan fingerprint density at radius 2 is 1.78 bits per heavy atom. The van der Waals surface area contributed by atoms with Crippen LogP contribution in [0.25, 0.3) is 0 Å². The molecule has 3 rings (SSSR count). The van der Waals surface area contributed by atoms with Crippen LogP contribution >= 0.6 is 0 Å². The van der Waals surface area contributed by atoms with Crippen LogP contribution < -0.4 is 10.2 Å². The topological polar surface area (TPSA) is 58.1 Å². The van der Waals surface area contributed by atoms with Crippen molar-refractivity contribution >= 4 is 17.4 Å². The molecule has 0 radical (unpaired) electrons. The summed E-state index contributed by atoms with van der Waals surface area (Å²) in [5.41, 5.74) is 4.80. The van der Waals surface area contributed by atoms with E-state index in [-0.39, 0.29) is 5.91 Å². The summed E-state index contributed by atoms with van der Waals surface area (Å²) in [7, 11) is 0. The Morgan fingerprint density at radius 3 is 2.41 bits per heavy atom. The smallest absolute Gasteiger partial charge is 0.271 e. The zero-order valence-electron chi connectivity index (χ0n) is 15.9. The monoisotopic (exact) mass is 360 g/mol. The lowest BCUT2D eigenvalue weighted by atomic mass is 10.1. The number of benzene rings is 2. The Labute approximate surface area is 160 Å². The van der Waals surface area contributed by atoms with Crippen molar-refractivity contribution in [1.82, 2.24) is 15.3 Å². The van der Waals surface area contributed by atoms with Gasteiger partial charge in [0.15, 0.2) is 5.82 Å².